The highest BCUT2D eigenvalue weighted by Crippen LogP contribution is 2.29. The van der Waals surface area contributed by atoms with Crippen molar-refractivity contribution >= 4 is 0 Å². The number of rotatable bonds is 6. The van der Waals surface area contributed by atoms with E-state index < -0.39 is 12.5 Å². The van der Waals surface area contributed by atoms with Crippen LogP contribution in [0.1, 0.15) is 51.2 Å². The molecule has 0 aromatic heterocycles. The summed E-state index contributed by atoms with van der Waals surface area (Å²) in [6.07, 6.45) is -5.36. The van der Waals surface area contributed by atoms with Gasteiger partial charge in [0.1, 0.15) is 11.9 Å². The molecule has 0 bridgehead atoms. The third-order valence-corrected chi connectivity index (χ3v) is 2.95. The van der Waals surface area contributed by atoms with Crippen molar-refractivity contribution in [3.05, 3.63) is 29.3 Å². The minimum absolute atomic E-state index is 0.0875. The van der Waals surface area contributed by atoms with Crippen molar-refractivity contribution in [1.29, 1.82) is 0 Å². The van der Waals surface area contributed by atoms with Crippen LogP contribution in [0.4, 0.5) is 17.6 Å². The third kappa shape index (κ3) is 7.64. The first-order valence-electron chi connectivity index (χ1n) is 7.45. The number of benzene rings is 1. The average Bonchev–Trinajstić information content (AvgIpc) is 2.45. The standard InChI is InChI=1S/C14H19F4NO.C2H6/c1-9(2)13-6-5-12(20-14(16,17)18)7-10(13)3-4-11(15)8-19;1-2/h5-7,9,11H,3-4,8,19H2,1-2H3;1-2H3. The summed E-state index contributed by atoms with van der Waals surface area (Å²) >= 11 is 0. The summed E-state index contributed by atoms with van der Waals surface area (Å²) in [4.78, 5) is 0. The van der Waals surface area contributed by atoms with Crippen LogP contribution in [0.2, 0.25) is 0 Å². The largest absolute Gasteiger partial charge is 0.573 e. The Bertz CT molecular complexity index is 433. The van der Waals surface area contributed by atoms with E-state index in [4.69, 9.17) is 5.73 Å². The van der Waals surface area contributed by atoms with Gasteiger partial charge in [-0.1, -0.05) is 33.8 Å². The monoisotopic (exact) mass is 323 g/mol. The summed E-state index contributed by atoms with van der Waals surface area (Å²) in [6, 6.07) is 4.20. The average molecular weight is 323 g/mol. The molecule has 0 aliphatic rings. The van der Waals surface area contributed by atoms with E-state index in [9.17, 15) is 17.6 Å². The smallest absolute Gasteiger partial charge is 0.406 e. The van der Waals surface area contributed by atoms with Crippen molar-refractivity contribution in [2.24, 2.45) is 5.73 Å². The van der Waals surface area contributed by atoms with E-state index in [0.29, 0.717) is 12.0 Å². The Kier molecular flexibility index (Phi) is 9.09. The maximum absolute atomic E-state index is 13.2. The van der Waals surface area contributed by atoms with Crippen LogP contribution in [0.15, 0.2) is 18.2 Å². The van der Waals surface area contributed by atoms with Crippen molar-refractivity contribution < 1.29 is 22.3 Å². The van der Waals surface area contributed by atoms with Crippen LogP contribution in [-0.4, -0.2) is 19.1 Å². The SMILES string of the molecule is CC.CC(C)c1ccc(OC(F)(F)F)cc1CCC(F)CN. The van der Waals surface area contributed by atoms with E-state index in [1.54, 1.807) is 6.07 Å². The van der Waals surface area contributed by atoms with Crippen molar-refractivity contribution in [3.63, 3.8) is 0 Å². The first-order valence-corrected chi connectivity index (χ1v) is 7.45. The lowest BCUT2D eigenvalue weighted by Crippen LogP contribution is -2.18. The predicted molar refractivity (Wildman–Crippen MR) is 80.8 cm³/mol. The van der Waals surface area contributed by atoms with Crippen molar-refractivity contribution in [3.8, 4) is 5.75 Å². The first-order chi connectivity index (χ1) is 10.2. The van der Waals surface area contributed by atoms with E-state index in [1.807, 2.05) is 27.7 Å². The first kappa shape index (κ1) is 20.7. The fraction of sp³-hybridized carbons (Fsp3) is 0.625. The van der Waals surface area contributed by atoms with E-state index >= 15 is 0 Å². The molecule has 6 heteroatoms. The molecule has 22 heavy (non-hydrogen) atoms. The summed E-state index contributed by atoms with van der Waals surface area (Å²) < 4.78 is 53.7. The lowest BCUT2D eigenvalue weighted by atomic mass is 9.93. The van der Waals surface area contributed by atoms with Crippen LogP contribution >= 0.6 is 0 Å². The summed E-state index contributed by atoms with van der Waals surface area (Å²) in [5.74, 6) is -0.138. The van der Waals surface area contributed by atoms with Crippen LogP contribution in [0, 0.1) is 0 Å². The molecular weight excluding hydrogens is 298 g/mol. The molecule has 0 amide bonds. The van der Waals surface area contributed by atoms with Gasteiger partial charge in [-0.25, -0.2) is 4.39 Å². The van der Waals surface area contributed by atoms with E-state index in [0.717, 1.165) is 5.56 Å². The number of ether oxygens (including phenoxy) is 1. The molecule has 1 rings (SSSR count). The predicted octanol–water partition coefficient (Wildman–Crippen LogP) is 4.96. The number of halogens is 4. The highest BCUT2D eigenvalue weighted by Gasteiger charge is 2.31. The second-order valence-corrected chi connectivity index (χ2v) is 4.93. The van der Waals surface area contributed by atoms with Gasteiger partial charge in [0.05, 0.1) is 0 Å². The van der Waals surface area contributed by atoms with Gasteiger partial charge < -0.3 is 10.5 Å². The maximum Gasteiger partial charge on any atom is 0.573 e. The molecule has 128 valence electrons. The number of hydrogen-bond acceptors (Lipinski definition) is 2. The van der Waals surface area contributed by atoms with E-state index in [1.165, 1.54) is 12.1 Å². The molecule has 0 saturated carbocycles. The van der Waals surface area contributed by atoms with Crippen LogP contribution in [-0.2, 0) is 6.42 Å². The minimum atomic E-state index is -4.73. The van der Waals surface area contributed by atoms with Crippen molar-refractivity contribution in [2.45, 2.75) is 59.0 Å². The Morgan fingerprint density at radius 1 is 1.18 bits per heavy atom. The molecule has 0 aliphatic heterocycles. The molecule has 1 unspecified atom stereocenters. The van der Waals surface area contributed by atoms with E-state index in [2.05, 4.69) is 4.74 Å². The number of nitrogens with two attached hydrogens (primary N) is 1. The second kappa shape index (κ2) is 9.66. The molecule has 0 saturated heterocycles. The fourth-order valence-electron chi connectivity index (χ4n) is 1.99. The van der Waals surface area contributed by atoms with Crippen molar-refractivity contribution in [2.75, 3.05) is 6.54 Å². The molecule has 0 radical (unpaired) electrons. The molecule has 0 fully saturated rings. The Labute approximate surface area is 129 Å². The van der Waals surface area contributed by atoms with E-state index in [-0.39, 0.29) is 24.6 Å². The molecule has 2 N–H and O–H groups in total. The Morgan fingerprint density at radius 3 is 2.23 bits per heavy atom. The molecule has 1 atom stereocenters. The molecule has 1 aromatic rings. The van der Waals surface area contributed by atoms with Crippen LogP contribution in [0.25, 0.3) is 0 Å². The topological polar surface area (TPSA) is 35.2 Å². The Balaban J connectivity index is 0.00000211. The highest BCUT2D eigenvalue weighted by molar-refractivity contribution is 5.37. The third-order valence-electron chi connectivity index (χ3n) is 2.95. The molecular formula is C16H25F4NO. The van der Waals surface area contributed by atoms with Crippen LogP contribution in [0.3, 0.4) is 0 Å². The lowest BCUT2D eigenvalue weighted by Gasteiger charge is -2.16. The maximum atomic E-state index is 13.2. The summed E-state index contributed by atoms with van der Waals surface area (Å²) in [7, 11) is 0. The van der Waals surface area contributed by atoms with Crippen LogP contribution < -0.4 is 10.5 Å². The lowest BCUT2D eigenvalue weighted by molar-refractivity contribution is -0.274. The second-order valence-electron chi connectivity index (χ2n) is 4.93. The van der Waals surface area contributed by atoms with Crippen LogP contribution in [0.5, 0.6) is 5.75 Å². The molecule has 0 aliphatic carbocycles. The number of hydrogen-bond donors (Lipinski definition) is 1. The van der Waals surface area contributed by atoms with Gasteiger partial charge in [-0.3, -0.25) is 0 Å². The Morgan fingerprint density at radius 2 is 1.77 bits per heavy atom. The highest BCUT2D eigenvalue weighted by atomic mass is 19.4. The van der Waals surface area contributed by atoms with Gasteiger partial charge in [-0.15, -0.1) is 13.2 Å². The quantitative estimate of drug-likeness (QED) is 0.751. The number of alkyl halides is 4. The minimum Gasteiger partial charge on any atom is -0.406 e. The number of aryl methyl sites for hydroxylation is 1. The van der Waals surface area contributed by atoms with Gasteiger partial charge in [0, 0.05) is 6.54 Å². The molecule has 0 heterocycles. The summed E-state index contributed by atoms with van der Waals surface area (Å²) in [6.45, 7) is 7.77. The van der Waals surface area contributed by atoms with Crippen molar-refractivity contribution in [1.82, 2.24) is 0 Å². The zero-order chi connectivity index (χ0) is 17.3. The zero-order valence-electron chi connectivity index (χ0n) is 13.5. The fourth-order valence-corrected chi connectivity index (χ4v) is 1.99. The molecule has 2 nitrogen and oxygen atoms in total. The Hall–Kier alpha value is -1.30. The van der Waals surface area contributed by atoms with Gasteiger partial charge in [0.25, 0.3) is 0 Å². The van der Waals surface area contributed by atoms with Gasteiger partial charge in [0.2, 0.25) is 0 Å². The van der Waals surface area contributed by atoms with Gasteiger partial charge in [-0.05, 0) is 42.0 Å². The summed E-state index contributed by atoms with van der Waals surface area (Å²) in [5, 5.41) is 0. The molecule has 0 spiro atoms. The normalized spacial score (nSPS) is 12.6. The molecule has 1 aromatic carbocycles. The van der Waals surface area contributed by atoms with Gasteiger partial charge in [0.15, 0.2) is 0 Å². The van der Waals surface area contributed by atoms with Gasteiger partial charge in [-0.2, -0.15) is 0 Å². The zero-order valence-corrected chi connectivity index (χ0v) is 13.5. The van der Waals surface area contributed by atoms with Gasteiger partial charge >= 0.3 is 6.36 Å². The summed E-state index contributed by atoms with van der Waals surface area (Å²) in [5.41, 5.74) is 6.76.